The fourth-order valence-electron chi connectivity index (χ4n) is 4.28. The number of benzene rings is 3. The van der Waals surface area contributed by atoms with Gasteiger partial charge in [-0.15, -0.1) is 0 Å². The van der Waals surface area contributed by atoms with E-state index in [4.69, 9.17) is 4.74 Å². The van der Waals surface area contributed by atoms with Gasteiger partial charge in [0, 0.05) is 36.0 Å². The first-order valence-electron chi connectivity index (χ1n) is 11.1. The lowest BCUT2D eigenvalue weighted by Crippen LogP contribution is -1.98. The molecule has 0 aliphatic heterocycles. The van der Waals surface area contributed by atoms with Gasteiger partial charge < -0.3 is 9.30 Å². The van der Waals surface area contributed by atoms with E-state index in [1.165, 1.54) is 38.7 Å². The minimum Gasteiger partial charge on any atom is -0.497 e. The summed E-state index contributed by atoms with van der Waals surface area (Å²) < 4.78 is 7.65. The summed E-state index contributed by atoms with van der Waals surface area (Å²) in [6.07, 6.45) is 8.15. The van der Waals surface area contributed by atoms with Crippen LogP contribution in [0.4, 0.5) is 0 Å². The summed E-state index contributed by atoms with van der Waals surface area (Å²) in [4.78, 5) is 4.16. The van der Waals surface area contributed by atoms with Gasteiger partial charge in [0.1, 0.15) is 5.75 Å². The smallest absolute Gasteiger partial charge is 0.118 e. The van der Waals surface area contributed by atoms with Crippen LogP contribution in [0.3, 0.4) is 0 Å². The molecule has 0 N–H and O–H groups in total. The van der Waals surface area contributed by atoms with E-state index in [1.807, 2.05) is 36.7 Å². The van der Waals surface area contributed by atoms with Crippen molar-refractivity contribution in [3.05, 3.63) is 131 Å². The summed E-state index contributed by atoms with van der Waals surface area (Å²) in [5.41, 5.74) is 8.47. The molecule has 0 atom stereocenters. The number of aromatic nitrogens is 2. The first-order chi connectivity index (χ1) is 16.2. The van der Waals surface area contributed by atoms with Crippen LogP contribution in [0, 0.1) is 6.92 Å². The van der Waals surface area contributed by atoms with Crippen molar-refractivity contribution >= 4 is 22.6 Å². The van der Waals surface area contributed by atoms with Crippen LogP contribution in [-0.4, -0.2) is 16.7 Å². The normalized spacial score (nSPS) is 11.6. The van der Waals surface area contributed by atoms with Gasteiger partial charge in [0.05, 0.1) is 7.11 Å². The minimum absolute atomic E-state index is 0.812. The van der Waals surface area contributed by atoms with Crippen molar-refractivity contribution in [1.82, 2.24) is 9.55 Å². The monoisotopic (exact) mass is 430 g/mol. The molecular formula is C30H26N2O. The van der Waals surface area contributed by atoms with Gasteiger partial charge in [0.25, 0.3) is 0 Å². The third kappa shape index (κ3) is 4.44. The lowest BCUT2D eigenvalue weighted by Gasteiger charge is -2.12. The van der Waals surface area contributed by atoms with Crippen molar-refractivity contribution in [2.24, 2.45) is 0 Å². The van der Waals surface area contributed by atoms with E-state index in [9.17, 15) is 0 Å². The maximum absolute atomic E-state index is 5.31. The van der Waals surface area contributed by atoms with Crippen molar-refractivity contribution in [2.75, 3.05) is 7.11 Å². The Morgan fingerprint density at radius 3 is 2.36 bits per heavy atom. The molecular weight excluding hydrogens is 404 g/mol. The number of pyridine rings is 1. The van der Waals surface area contributed by atoms with E-state index in [0.29, 0.717) is 0 Å². The van der Waals surface area contributed by atoms with Crippen LogP contribution in [-0.2, 0) is 6.54 Å². The number of rotatable bonds is 6. The highest BCUT2D eigenvalue weighted by Gasteiger charge is 2.11. The maximum atomic E-state index is 5.31. The molecule has 0 bridgehead atoms. The second-order valence-corrected chi connectivity index (χ2v) is 8.22. The molecule has 0 fully saturated rings. The van der Waals surface area contributed by atoms with Crippen LogP contribution in [0.15, 0.2) is 104 Å². The first kappa shape index (κ1) is 20.8. The Labute approximate surface area is 194 Å². The first-order valence-corrected chi connectivity index (χ1v) is 11.1. The number of fused-ring (bicyclic) bond motifs is 1. The molecule has 3 aromatic carbocycles. The van der Waals surface area contributed by atoms with Gasteiger partial charge in [0.2, 0.25) is 0 Å². The van der Waals surface area contributed by atoms with E-state index in [-0.39, 0.29) is 0 Å². The molecule has 0 saturated carbocycles. The number of aryl methyl sites for hydroxylation is 1. The predicted molar refractivity (Wildman–Crippen MR) is 136 cm³/mol. The second-order valence-electron chi connectivity index (χ2n) is 8.22. The summed E-state index contributed by atoms with van der Waals surface area (Å²) in [6, 6.07) is 29.7. The summed E-state index contributed by atoms with van der Waals surface area (Å²) in [6.45, 7) is 2.99. The largest absolute Gasteiger partial charge is 0.497 e. The van der Waals surface area contributed by atoms with Crippen LogP contribution in [0.1, 0.15) is 27.8 Å². The molecule has 0 radical (unpaired) electrons. The molecule has 5 aromatic rings. The van der Waals surface area contributed by atoms with Crippen molar-refractivity contribution in [2.45, 2.75) is 13.5 Å². The average Bonchev–Trinajstić information content (AvgIpc) is 3.18. The van der Waals surface area contributed by atoms with Gasteiger partial charge in [-0.1, -0.05) is 54.6 Å². The molecule has 5 rings (SSSR count). The predicted octanol–water partition coefficient (Wildman–Crippen LogP) is 6.99. The third-order valence-electron chi connectivity index (χ3n) is 6.01. The van der Waals surface area contributed by atoms with Crippen molar-refractivity contribution in [1.29, 1.82) is 0 Å². The Morgan fingerprint density at radius 1 is 0.879 bits per heavy atom. The summed E-state index contributed by atoms with van der Waals surface area (Å²) in [7, 11) is 1.70. The molecule has 0 unspecified atom stereocenters. The number of nitrogens with zero attached hydrogens (tertiary/aromatic N) is 2. The van der Waals surface area contributed by atoms with E-state index in [2.05, 4.69) is 89.4 Å². The molecule has 3 nitrogen and oxygen atoms in total. The Bertz CT molecular complexity index is 1400. The third-order valence-corrected chi connectivity index (χ3v) is 6.01. The fraction of sp³-hybridized carbons (Fsp3) is 0.100. The Morgan fingerprint density at radius 2 is 1.64 bits per heavy atom. The van der Waals surface area contributed by atoms with Crippen LogP contribution in [0.25, 0.3) is 22.6 Å². The SMILES string of the molecule is COc1ccc(Cn2cc(C)c3ccc(C(=Cc4ccncc4)c4ccccc4)cc32)cc1. The highest BCUT2D eigenvalue weighted by atomic mass is 16.5. The minimum atomic E-state index is 0.812. The molecule has 33 heavy (non-hydrogen) atoms. The fourth-order valence-corrected chi connectivity index (χ4v) is 4.28. The average molecular weight is 431 g/mol. The van der Waals surface area contributed by atoms with Gasteiger partial charge in [0.15, 0.2) is 0 Å². The Balaban J connectivity index is 1.60. The highest BCUT2D eigenvalue weighted by molar-refractivity contribution is 5.95. The highest BCUT2D eigenvalue weighted by Crippen LogP contribution is 2.31. The van der Waals surface area contributed by atoms with E-state index < -0.39 is 0 Å². The zero-order chi connectivity index (χ0) is 22.6. The van der Waals surface area contributed by atoms with Gasteiger partial charge in [-0.3, -0.25) is 4.98 Å². The molecule has 0 aliphatic rings. The van der Waals surface area contributed by atoms with Crippen LogP contribution in [0.2, 0.25) is 0 Å². The topological polar surface area (TPSA) is 27.1 Å². The molecule has 0 spiro atoms. The Kier molecular flexibility index (Phi) is 5.77. The van der Waals surface area contributed by atoms with E-state index in [1.54, 1.807) is 7.11 Å². The van der Waals surface area contributed by atoms with Crippen LogP contribution < -0.4 is 4.74 Å². The van der Waals surface area contributed by atoms with Crippen molar-refractivity contribution in [3.8, 4) is 5.75 Å². The standard InChI is InChI=1S/C30H26N2O/c1-22-20-32(21-24-8-11-27(33-2)12-9-24)30-19-26(10-13-28(22)30)29(25-6-4-3-5-7-25)18-23-14-16-31-17-15-23/h3-20H,21H2,1-2H3. The van der Waals surface area contributed by atoms with Gasteiger partial charge in [-0.2, -0.15) is 0 Å². The van der Waals surface area contributed by atoms with E-state index in [0.717, 1.165) is 17.9 Å². The molecule has 3 heteroatoms. The number of ether oxygens (including phenoxy) is 1. The maximum Gasteiger partial charge on any atom is 0.118 e. The summed E-state index contributed by atoms with van der Waals surface area (Å²) in [5, 5.41) is 1.28. The summed E-state index contributed by atoms with van der Waals surface area (Å²) >= 11 is 0. The molecule has 0 saturated heterocycles. The lowest BCUT2D eigenvalue weighted by atomic mass is 9.95. The van der Waals surface area contributed by atoms with Crippen molar-refractivity contribution < 1.29 is 4.74 Å². The summed E-state index contributed by atoms with van der Waals surface area (Å²) in [5.74, 6) is 0.878. The molecule has 2 heterocycles. The second kappa shape index (κ2) is 9.17. The molecule has 162 valence electrons. The number of hydrogen-bond donors (Lipinski definition) is 0. The number of hydrogen-bond acceptors (Lipinski definition) is 2. The van der Waals surface area contributed by atoms with Crippen LogP contribution >= 0.6 is 0 Å². The van der Waals surface area contributed by atoms with Crippen molar-refractivity contribution in [3.63, 3.8) is 0 Å². The molecule has 0 aliphatic carbocycles. The van der Waals surface area contributed by atoms with Gasteiger partial charge in [-0.05, 0) is 76.7 Å². The van der Waals surface area contributed by atoms with Crippen LogP contribution in [0.5, 0.6) is 5.75 Å². The van der Waals surface area contributed by atoms with E-state index >= 15 is 0 Å². The quantitative estimate of drug-likeness (QED) is 0.290. The zero-order valence-corrected chi connectivity index (χ0v) is 18.9. The zero-order valence-electron chi connectivity index (χ0n) is 18.9. The molecule has 0 amide bonds. The Hall–Kier alpha value is -4.11. The lowest BCUT2D eigenvalue weighted by molar-refractivity contribution is 0.414. The molecule has 2 aromatic heterocycles. The van der Waals surface area contributed by atoms with Gasteiger partial charge in [-0.25, -0.2) is 0 Å². The number of methoxy groups -OCH3 is 1. The van der Waals surface area contributed by atoms with Gasteiger partial charge >= 0.3 is 0 Å².